The molecule has 0 radical (unpaired) electrons. The second kappa shape index (κ2) is 15.7. The second-order valence-electron chi connectivity index (χ2n) is 7.76. The molecule has 172 valence electrons. The first-order valence-corrected chi connectivity index (χ1v) is 11.0. The van der Waals surface area contributed by atoms with Crippen molar-refractivity contribution in [1.29, 1.82) is 0 Å². The molecule has 0 heterocycles. The Morgan fingerprint density at radius 3 is 1.47 bits per heavy atom. The van der Waals surface area contributed by atoms with Crippen molar-refractivity contribution in [3.63, 3.8) is 0 Å². The van der Waals surface area contributed by atoms with Crippen LogP contribution >= 0.6 is 0 Å². The highest BCUT2D eigenvalue weighted by atomic mass is 16.5. The van der Waals surface area contributed by atoms with Crippen LogP contribution in [0.4, 0.5) is 0 Å². The first kappa shape index (κ1) is 25.9. The topological polar surface area (TPSA) is 105 Å². The van der Waals surface area contributed by atoms with Crippen LogP contribution in [0.15, 0.2) is 0 Å². The highest BCUT2D eigenvalue weighted by Gasteiger charge is 2.44. The Hall–Kier alpha value is -2.12. The van der Waals surface area contributed by atoms with Crippen LogP contribution in [0.5, 0.6) is 0 Å². The molecule has 0 aromatic carbocycles. The van der Waals surface area contributed by atoms with Gasteiger partial charge in [-0.05, 0) is 63.2 Å². The van der Waals surface area contributed by atoms with Crippen molar-refractivity contribution in [2.24, 2.45) is 23.7 Å². The van der Waals surface area contributed by atoms with E-state index >= 15 is 0 Å². The molecular formula is C22H36O8. The van der Waals surface area contributed by atoms with E-state index < -0.39 is 11.8 Å². The monoisotopic (exact) mass is 428 g/mol. The first-order valence-electron chi connectivity index (χ1n) is 11.0. The van der Waals surface area contributed by atoms with Gasteiger partial charge in [-0.3, -0.25) is 19.2 Å². The SMILES string of the molecule is CCCOC(=O)C1CC(CCCOC=O)C(CCCOC=O)CC1C(=O)OCCC. The number of esters is 2. The minimum absolute atomic E-state index is 0.186. The summed E-state index contributed by atoms with van der Waals surface area (Å²) in [5.41, 5.74) is 0. The number of carbonyl (C=O) groups excluding carboxylic acids is 4. The van der Waals surface area contributed by atoms with Crippen molar-refractivity contribution in [2.45, 2.75) is 65.2 Å². The van der Waals surface area contributed by atoms with Gasteiger partial charge in [0.1, 0.15) is 0 Å². The van der Waals surface area contributed by atoms with Crippen molar-refractivity contribution >= 4 is 24.9 Å². The lowest BCUT2D eigenvalue weighted by Crippen LogP contribution is -2.41. The van der Waals surface area contributed by atoms with Crippen LogP contribution in [0.25, 0.3) is 0 Å². The molecule has 4 atom stereocenters. The van der Waals surface area contributed by atoms with E-state index in [1.807, 2.05) is 13.8 Å². The van der Waals surface area contributed by atoms with Gasteiger partial charge in [-0.1, -0.05) is 13.8 Å². The van der Waals surface area contributed by atoms with Gasteiger partial charge in [-0.2, -0.15) is 0 Å². The van der Waals surface area contributed by atoms with Gasteiger partial charge in [0.25, 0.3) is 12.9 Å². The van der Waals surface area contributed by atoms with E-state index in [1.54, 1.807) is 0 Å². The minimum Gasteiger partial charge on any atom is -0.468 e. The van der Waals surface area contributed by atoms with Crippen LogP contribution in [0.1, 0.15) is 65.2 Å². The lowest BCUT2D eigenvalue weighted by atomic mass is 9.65. The Labute approximate surface area is 178 Å². The molecule has 0 aromatic heterocycles. The Morgan fingerprint density at radius 2 is 1.13 bits per heavy atom. The molecule has 8 heteroatoms. The number of rotatable bonds is 16. The summed E-state index contributed by atoms with van der Waals surface area (Å²) in [6, 6.07) is 0. The Balaban J connectivity index is 2.91. The molecule has 0 aromatic rings. The van der Waals surface area contributed by atoms with Crippen LogP contribution < -0.4 is 0 Å². The number of carbonyl (C=O) groups is 4. The van der Waals surface area contributed by atoms with Crippen LogP contribution in [0.2, 0.25) is 0 Å². The van der Waals surface area contributed by atoms with E-state index in [4.69, 9.17) is 18.9 Å². The highest BCUT2D eigenvalue weighted by molar-refractivity contribution is 5.82. The maximum Gasteiger partial charge on any atom is 0.309 e. The molecule has 1 saturated carbocycles. The average molecular weight is 429 g/mol. The van der Waals surface area contributed by atoms with Gasteiger partial charge < -0.3 is 18.9 Å². The molecule has 8 nitrogen and oxygen atoms in total. The third-order valence-corrected chi connectivity index (χ3v) is 5.58. The van der Waals surface area contributed by atoms with Gasteiger partial charge in [0, 0.05) is 0 Å². The normalized spacial score (nSPS) is 23.3. The van der Waals surface area contributed by atoms with Crippen molar-refractivity contribution < 1.29 is 38.1 Å². The van der Waals surface area contributed by atoms with Gasteiger partial charge in [-0.25, -0.2) is 0 Å². The zero-order chi connectivity index (χ0) is 22.2. The predicted octanol–water partition coefficient (Wildman–Crippen LogP) is 3.06. The molecule has 0 spiro atoms. The third-order valence-electron chi connectivity index (χ3n) is 5.58. The molecule has 1 aliphatic rings. The molecule has 30 heavy (non-hydrogen) atoms. The van der Waals surface area contributed by atoms with E-state index in [-0.39, 0.29) is 23.8 Å². The Morgan fingerprint density at radius 1 is 0.733 bits per heavy atom. The first-order chi connectivity index (χ1) is 14.6. The van der Waals surface area contributed by atoms with Gasteiger partial charge >= 0.3 is 11.9 Å². The largest absolute Gasteiger partial charge is 0.468 e. The average Bonchev–Trinajstić information content (AvgIpc) is 2.76. The number of hydrogen-bond donors (Lipinski definition) is 0. The van der Waals surface area contributed by atoms with Crippen molar-refractivity contribution in [3.8, 4) is 0 Å². The molecule has 1 rings (SSSR count). The molecule has 0 bridgehead atoms. The zero-order valence-electron chi connectivity index (χ0n) is 18.2. The lowest BCUT2D eigenvalue weighted by molar-refractivity contribution is -0.165. The van der Waals surface area contributed by atoms with E-state index in [0.717, 1.165) is 25.7 Å². The number of ether oxygens (including phenoxy) is 4. The lowest BCUT2D eigenvalue weighted by Gasteiger charge is -2.39. The van der Waals surface area contributed by atoms with Gasteiger partial charge in [-0.15, -0.1) is 0 Å². The smallest absolute Gasteiger partial charge is 0.309 e. The summed E-state index contributed by atoms with van der Waals surface area (Å²) in [5.74, 6) is -1.36. The summed E-state index contributed by atoms with van der Waals surface area (Å²) < 4.78 is 20.4. The molecule has 0 aliphatic heterocycles. The minimum atomic E-state index is -0.527. The maximum atomic E-state index is 12.7. The molecule has 1 aliphatic carbocycles. The number of hydrogen-bond acceptors (Lipinski definition) is 8. The summed E-state index contributed by atoms with van der Waals surface area (Å²) in [4.78, 5) is 46.2. The fourth-order valence-corrected chi connectivity index (χ4v) is 4.17. The van der Waals surface area contributed by atoms with E-state index in [2.05, 4.69) is 0 Å². The van der Waals surface area contributed by atoms with Crippen LogP contribution in [0, 0.1) is 23.7 Å². The van der Waals surface area contributed by atoms with E-state index in [1.165, 1.54) is 0 Å². The van der Waals surface area contributed by atoms with Gasteiger partial charge in [0.2, 0.25) is 0 Å². The molecular weight excluding hydrogens is 392 g/mol. The van der Waals surface area contributed by atoms with Crippen LogP contribution in [0.3, 0.4) is 0 Å². The van der Waals surface area contributed by atoms with E-state index in [0.29, 0.717) is 65.1 Å². The van der Waals surface area contributed by atoms with Crippen LogP contribution in [-0.2, 0) is 38.1 Å². The van der Waals surface area contributed by atoms with E-state index in [9.17, 15) is 19.2 Å². The van der Waals surface area contributed by atoms with Crippen molar-refractivity contribution in [2.75, 3.05) is 26.4 Å². The molecule has 1 fully saturated rings. The zero-order valence-corrected chi connectivity index (χ0v) is 18.2. The van der Waals surface area contributed by atoms with Crippen molar-refractivity contribution in [3.05, 3.63) is 0 Å². The molecule has 4 unspecified atom stereocenters. The van der Waals surface area contributed by atoms with Crippen LogP contribution in [-0.4, -0.2) is 51.3 Å². The quantitative estimate of drug-likeness (QED) is 0.160. The summed E-state index contributed by atoms with van der Waals surface area (Å²) in [7, 11) is 0. The summed E-state index contributed by atoms with van der Waals surface area (Å²) in [5, 5.41) is 0. The fourth-order valence-electron chi connectivity index (χ4n) is 4.17. The summed E-state index contributed by atoms with van der Waals surface area (Å²) in [6.07, 6.45) is 5.44. The molecule has 0 amide bonds. The van der Waals surface area contributed by atoms with Crippen molar-refractivity contribution in [1.82, 2.24) is 0 Å². The highest BCUT2D eigenvalue weighted by Crippen LogP contribution is 2.43. The Kier molecular flexibility index (Phi) is 13.5. The fraction of sp³-hybridized carbons (Fsp3) is 0.818. The summed E-state index contributed by atoms with van der Waals surface area (Å²) in [6.45, 7) is 6.02. The maximum absolute atomic E-state index is 12.7. The van der Waals surface area contributed by atoms with Gasteiger partial charge in [0.05, 0.1) is 38.3 Å². The third kappa shape index (κ3) is 9.13. The Bertz CT molecular complexity index is 475. The summed E-state index contributed by atoms with van der Waals surface area (Å²) >= 11 is 0. The standard InChI is InChI=1S/C22H36O8/c1-3-9-29-21(25)19-13-17(7-5-11-27-15-23)18(8-6-12-28-16-24)14-20(19)22(26)30-10-4-2/h15-20H,3-14H2,1-2H3. The predicted molar refractivity (Wildman–Crippen MR) is 108 cm³/mol. The second-order valence-corrected chi connectivity index (χ2v) is 7.76. The molecule has 0 saturated heterocycles. The molecule has 0 N–H and O–H groups in total. The van der Waals surface area contributed by atoms with Gasteiger partial charge in [0.15, 0.2) is 0 Å².